The molecule has 2 aromatic heterocycles. The summed E-state index contributed by atoms with van der Waals surface area (Å²) in [6.07, 6.45) is -18.1. The van der Waals surface area contributed by atoms with Crippen LogP contribution in [0.3, 0.4) is 0 Å². The largest absolute Gasteiger partial charge is 0.394 e. The van der Waals surface area contributed by atoms with Crippen molar-refractivity contribution >= 4 is 28.7 Å². The summed E-state index contributed by atoms with van der Waals surface area (Å²) in [7, 11) is 0. The zero-order chi connectivity index (χ0) is 38.0. The number of rotatable bonds is 10. The Morgan fingerprint density at radius 3 is 3.00 bits per heavy atom. The van der Waals surface area contributed by atoms with E-state index in [4.69, 9.17) is 23.9 Å². The predicted octanol–water partition coefficient (Wildman–Crippen LogP) is 2.18. The molecule has 0 amide bonds. The fraction of sp³-hybridized carbons (Fsp3) is 0.583. The van der Waals surface area contributed by atoms with Crippen molar-refractivity contribution in [3.8, 4) is 0 Å². The normalized spacial score (nSPS) is 45.7. The smallest absolute Gasteiger partial charge is 0.191 e. The molecule has 4 N–H and O–H groups in total. The van der Waals surface area contributed by atoms with E-state index in [1.807, 2.05) is 0 Å². The topological polar surface area (TPSA) is 138 Å². The summed E-state index contributed by atoms with van der Waals surface area (Å²) >= 11 is 0.0912. The van der Waals surface area contributed by atoms with Gasteiger partial charge in [-0.2, -0.15) is 0 Å². The third kappa shape index (κ3) is 4.92. The highest BCUT2D eigenvalue weighted by Crippen LogP contribution is 2.44. The van der Waals surface area contributed by atoms with Gasteiger partial charge in [0.05, 0.1) is 36.3 Å². The molecule has 5 rings (SSSR count). The van der Waals surface area contributed by atoms with Crippen LogP contribution in [0.4, 0.5) is 10.2 Å². The van der Waals surface area contributed by atoms with E-state index < -0.39 is 114 Å². The van der Waals surface area contributed by atoms with Crippen LogP contribution in [-0.4, -0.2) is 83.5 Å². The highest BCUT2D eigenvalue weighted by Gasteiger charge is 2.45. The number of hydrogen-bond donors (Lipinski definition) is 4. The van der Waals surface area contributed by atoms with E-state index in [-0.39, 0.29) is 34.0 Å². The zero-order valence-corrected chi connectivity index (χ0v) is 19.8. The first kappa shape index (κ1) is 13.4. The maximum absolute atomic E-state index is 14.8. The van der Waals surface area contributed by atoms with Crippen molar-refractivity contribution in [2.75, 3.05) is 24.2 Å². The number of aliphatic hydroxyl groups is 3. The van der Waals surface area contributed by atoms with E-state index in [2.05, 4.69) is 25.6 Å². The molecule has 194 valence electrons. The lowest BCUT2D eigenvalue weighted by molar-refractivity contribution is -0.0629. The summed E-state index contributed by atoms with van der Waals surface area (Å²) in [5.41, 5.74) is -4.62. The van der Waals surface area contributed by atoms with Crippen molar-refractivity contribution in [3.63, 3.8) is 0 Å². The van der Waals surface area contributed by atoms with E-state index in [1.165, 1.54) is 6.92 Å². The zero-order valence-electron chi connectivity index (χ0n) is 33.0. The number of ether oxygens (including phenoxy) is 1. The van der Waals surface area contributed by atoms with Gasteiger partial charge < -0.3 is 25.4 Å². The molecule has 36 heavy (non-hydrogen) atoms. The molecule has 0 spiro atoms. The quantitative estimate of drug-likeness (QED) is 0.227. The first-order valence-electron chi connectivity index (χ1n) is 17.7. The molecular formula is C24H31FN6O4S. The summed E-state index contributed by atoms with van der Waals surface area (Å²) in [5, 5.41) is 40.8. The van der Waals surface area contributed by atoms with Crippen molar-refractivity contribution < 1.29 is 43.6 Å². The minimum absolute atomic E-state index is 0.0912. The van der Waals surface area contributed by atoms with Crippen LogP contribution in [0.1, 0.15) is 68.3 Å². The molecule has 2 aliphatic carbocycles. The van der Waals surface area contributed by atoms with Gasteiger partial charge in [0.15, 0.2) is 22.1 Å². The molecular weight excluding hydrogens is 487 g/mol. The van der Waals surface area contributed by atoms with Gasteiger partial charge in [-0.3, -0.25) is 0 Å². The maximum Gasteiger partial charge on any atom is 0.191 e. The van der Waals surface area contributed by atoms with E-state index >= 15 is 0 Å². The van der Waals surface area contributed by atoms with Crippen LogP contribution in [-0.2, 0) is 4.74 Å². The highest BCUT2D eigenvalue weighted by molar-refractivity contribution is 7.99. The molecule has 2 saturated carbocycles. The van der Waals surface area contributed by atoms with Gasteiger partial charge in [0.25, 0.3) is 0 Å². The Hall–Kier alpha value is -2.38. The van der Waals surface area contributed by atoms with E-state index in [0.717, 1.165) is 6.92 Å². The Labute approximate surface area is 232 Å². The third-order valence-corrected chi connectivity index (χ3v) is 5.91. The summed E-state index contributed by atoms with van der Waals surface area (Å²) in [6.45, 7) is 0.409. The molecule has 2 heterocycles. The van der Waals surface area contributed by atoms with Crippen LogP contribution in [0.15, 0.2) is 23.3 Å². The van der Waals surface area contributed by atoms with E-state index in [1.54, 1.807) is 0 Å². The van der Waals surface area contributed by atoms with Crippen molar-refractivity contribution in [2.45, 2.75) is 74.4 Å². The number of aromatic nitrogens is 5. The monoisotopic (exact) mass is 532 g/mol. The van der Waals surface area contributed by atoms with Gasteiger partial charge in [-0.1, -0.05) is 36.0 Å². The molecule has 6 atom stereocenters. The van der Waals surface area contributed by atoms with Gasteiger partial charge >= 0.3 is 0 Å². The fourth-order valence-corrected chi connectivity index (χ4v) is 3.85. The molecule has 0 aliphatic heterocycles. The average Bonchev–Trinajstić information content (AvgIpc) is 3.42. The van der Waals surface area contributed by atoms with E-state index in [9.17, 15) is 19.7 Å². The molecule has 3 aromatic rings. The third-order valence-electron chi connectivity index (χ3n) is 5.24. The molecule has 1 aromatic carbocycles. The lowest BCUT2D eigenvalue weighted by atomic mass is 10.1. The second-order valence-corrected chi connectivity index (χ2v) is 8.46. The molecule has 0 radical (unpaired) electrons. The van der Waals surface area contributed by atoms with Gasteiger partial charge in [0.1, 0.15) is 18.0 Å². The number of halogens is 1. The van der Waals surface area contributed by atoms with Gasteiger partial charge in [0, 0.05) is 32.2 Å². The summed E-state index contributed by atoms with van der Waals surface area (Å²) in [6, 6.07) is -7.35. The van der Waals surface area contributed by atoms with Crippen LogP contribution < -0.4 is 5.32 Å². The minimum atomic E-state index is -4.03. The van der Waals surface area contributed by atoms with Crippen molar-refractivity contribution in [2.24, 2.45) is 0 Å². The van der Waals surface area contributed by atoms with Gasteiger partial charge in [-0.05, 0) is 36.9 Å². The standard InChI is InChI=1S/C24H31FN6O4S/c1-3-8-36-24-27-22(26-16-10-14(16)13-5-4-12(2)15(25)9-13)19-23(28-24)31(30-29-19)17-11-18(35-7-6-32)21(34)20(17)33/h4-5,9,14,16-18,20-21,32-34H,3,6-8,10-11H2,1-2H3,(H,26,27,28)/t14-,16+,17+,18-,20-,21+/m0/s1/i3D2,4D,5D,8D2,9D,11D2,16D,17D,18D,20D,21D. The number of anilines is 1. The second-order valence-electron chi connectivity index (χ2n) is 7.69. The molecule has 0 bridgehead atoms. The number of benzene rings is 1. The van der Waals surface area contributed by atoms with Crippen LogP contribution in [0.5, 0.6) is 0 Å². The van der Waals surface area contributed by atoms with Gasteiger partial charge in [-0.25, -0.2) is 19.0 Å². The molecule has 2 aliphatic rings. The summed E-state index contributed by atoms with van der Waals surface area (Å²) in [5.74, 6) is -2.66. The predicted molar refractivity (Wildman–Crippen MR) is 133 cm³/mol. The number of nitrogens with zero attached hydrogens (tertiary/aromatic N) is 5. The Morgan fingerprint density at radius 2 is 2.22 bits per heavy atom. The molecule has 0 saturated heterocycles. The molecule has 12 heteroatoms. The SMILES string of the molecule is [2H]c1c([2H])c([C@@H]2C[C@@]2([2H])Nc2nc(SC([2H])([2H])C([2H])([2H])C)nc3c2nnn3[C@]2([2H])C([2H])([2H])[C@]([2H])(OCCO)[C@@]([2H])(O)[C@@]2([2H])O)c([2H])c(F)c1C. The average molecular weight is 533 g/mol. The summed E-state index contributed by atoms with van der Waals surface area (Å²) in [4.78, 5) is 8.18. The van der Waals surface area contributed by atoms with Crippen LogP contribution in [0, 0.1) is 12.7 Å². The van der Waals surface area contributed by atoms with E-state index in [0.29, 0.717) is 0 Å². The molecule has 2 fully saturated rings. The first-order valence-corrected chi connectivity index (χ1v) is 11.5. The maximum atomic E-state index is 14.8. The Kier molecular flexibility index (Phi) is 3.93. The summed E-state index contributed by atoms with van der Waals surface area (Å²) < 4.78 is 138. The number of hydrogen-bond acceptors (Lipinski definition) is 10. The van der Waals surface area contributed by atoms with Crippen LogP contribution >= 0.6 is 11.8 Å². The first-order chi connectivity index (χ1) is 22.6. The molecule has 0 unspecified atom stereocenters. The number of fused-ring (bicyclic) bond motifs is 1. The Balaban J connectivity index is 1.71. The molecule has 10 nitrogen and oxygen atoms in total. The van der Waals surface area contributed by atoms with Crippen molar-refractivity contribution in [3.05, 3.63) is 35.1 Å². The number of thioether (sulfide) groups is 1. The van der Waals surface area contributed by atoms with Gasteiger partial charge in [0.2, 0.25) is 0 Å². The Morgan fingerprint density at radius 1 is 1.39 bits per heavy atom. The number of nitrogens with one attached hydrogen (secondary N) is 1. The Bertz CT molecular complexity index is 1860. The highest BCUT2D eigenvalue weighted by atomic mass is 32.2. The van der Waals surface area contributed by atoms with Crippen LogP contribution in [0.25, 0.3) is 11.2 Å². The fourth-order valence-electron chi connectivity index (χ4n) is 3.39. The van der Waals surface area contributed by atoms with Crippen LogP contribution in [0.2, 0.25) is 0 Å². The lowest BCUT2D eigenvalue weighted by Gasteiger charge is -2.17. The van der Waals surface area contributed by atoms with Crippen molar-refractivity contribution in [1.29, 1.82) is 0 Å². The van der Waals surface area contributed by atoms with Gasteiger partial charge in [-0.15, -0.1) is 5.10 Å². The van der Waals surface area contributed by atoms with Crippen molar-refractivity contribution in [1.82, 2.24) is 25.0 Å². The number of aliphatic hydroxyl groups excluding tert-OH is 1. The second kappa shape index (κ2) is 10.5. The lowest BCUT2D eigenvalue weighted by Crippen LogP contribution is -2.33. The minimum Gasteiger partial charge on any atom is -0.394 e.